The van der Waals surface area contributed by atoms with E-state index in [0.717, 1.165) is 4.31 Å². The molecule has 0 atom stereocenters. The maximum Gasteiger partial charge on any atom is 0.322 e. The normalized spacial score (nSPS) is 11.0. The third-order valence-electron chi connectivity index (χ3n) is 3.66. The number of nitrogens with zero attached hydrogens (tertiary/aromatic N) is 5. The van der Waals surface area contributed by atoms with E-state index in [1.807, 2.05) is 12.1 Å². The van der Waals surface area contributed by atoms with Gasteiger partial charge in [0, 0.05) is 38.6 Å². The molecule has 0 fully saturated rings. The number of rotatable bonds is 10. The molecular formula is C17H18N6O5S. The molecule has 29 heavy (non-hydrogen) atoms. The van der Waals surface area contributed by atoms with Gasteiger partial charge in [-0.15, -0.1) is 5.10 Å². The van der Waals surface area contributed by atoms with Crippen molar-refractivity contribution in [3.63, 3.8) is 0 Å². The Hall–Kier alpha value is -3.32. The molecule has 0 unspecified atom stereocenters. The van der Waals surface area contributed by atoms with E-state index in [9.17, 15) is 13.2 Å². The van der Waals surface area contributed by atoms with Crippen LogP contribution in [0.15, 0.2) is 33.6 Å². The van der Waals surface area contributed by atoms with E-state index in [2.05, 4.69) is 15.5 Å². The predicted octanol–water partition coefficient (Wildman–Crippen LogP) is 1.29. The predicted molar refractivity (Wildman–Crippen MR) is 98.6 cm³/mol. The van der Waals surface area contributed by atoms with E-state index >= 15 is 0 Å². The topological polar surface area (TPSA) is 162 Å². The van der Waals surface area contributed by atoms with Gasteiger partial charge in [0.1, 0.15) is 6.61 Å². The standard InChI is InChI=1S/C17H18N6O5S/c1-27-12-15-21-22-17(28-15)20-16(24)13-4-6-14(7-5-13)29(25,26)23(10-2-8-18)11-3-9-19/h4-7H,2-3,10-12H2,1H3,(H,20,22,24). The van der Waals surface area contributed by atoms with Crippen LogP contribution in [0.3, 0.4) is 0 Å². The Balaban J connectivity index is 2.13. The third kappa shape index (κ3) is 5.83. The van der Waals surface area contributed by atoms with Gasteiger partial charge >= 0.3 is 6.01 Å². The molecule has 0 aliphatic carbocycles. The summed E-state index contributed by atoms with van der Waals surface area (Å²) in [5.74, 6) is -0.369. The molecule has 2 aromatic rings. The van der Waals surface area contributed by atoms with Crippen LogP contribution in [0.4, 0.5) is 6.01 Å². The van der Waals surface area contributed by atoms with Crippen molar-refractivity contribution >= 4 is 21.9 Å². The van der Waals surface area contributed by atoms with E-state index in [4.69, 9.17) is 19.7 Å². The lowest BCUT2D eigenvalue weighted by Gasteiger charge is -2.20. The highest BCUT2D eigenvalue weighted by Gasteiger charge is 2.24. The molecule has 1 N–H and O–H groups in total. The number of ether oxygens (including phenoxy) is 1. The van der Waals surface area contributed by atoms with Gasteiger partial charge in [-0.25, -0.2) is 8.42 Å². The Bertz CT molecular complexity index is 1000. The maximum atomic E-state index is 12.7. The molecule has 152 valence electrons. The number of carbonyl (C=O) groups excluding carboxylic acids is 1. The first-order valence-corrected chi connectivity index (χ1v) is 9.83. The number of anilines is 1. The van der Waals surface area contributed by atoms with Gasteiger partial charge < -0.3 is 9.15 Å². The molecule has 0 bridgehead atoms. The summed E-state index contributed by atoms with van der Waals surface area (Å²) in [6.45, 7) is 0.0526. The van der Waals surface area contributed by atoms with Crippen LogP contribution in [0.5, 0.6) is 0 Å². The summed E-state index contributed by atoms with van der Waals surface area (Å²) in [4.78, 5) is 12.2. The van der Waals surface area contributed by atoms with Gasteiger partial charge in [0.2, 0.25) is 15.9 Å². The number of hydrogen-bond donors (Lipinski definition) is 1. The number of benzene rings is 1. The summed E-state index contributed by atoms with van der Waals surface area (Å²) in [7, 11) is -2.45. The van der Waals surface area contributed by atoms with Crippen molar-refractivity contribution in [2.75, 3.05) is 25.5 Å². The average Bonchev–Trinajstić information content (AvgIpc) is 3.15. The molecular weight excluding hydrogens is 400 g/mol. The van der Waals surface area contributed by atoms with Gasteiger partial charge in [0.05, 0.1) is 17.0 Å². The fourth-order valence-corrected chi connectivity index (χ4v) is 3.73. The summed E-state index contributed by atoms with van der Waals surface area (Å²) < 4.78 is 36.6. The van der Waals surface area contributed by atoms with Gasteiger partial charge in [-0.05, 0) is 24.3 Å². The van der Waals surface area contributed by atoms with Crippen molar-refractivity contribution in [1.82, 2.24) is 14.5 Å². The molecule has 1 aromatic heterocycles. The van der Waals surface area contributed by atoms with Crippen LogP contribution in [-0.4, -0.2) is 49.0 Å². The summed E-state index contributed by atoms with van der Waals surface area (Å²) >= 11 is 0. The Morgan fingerprint density at radius 3 is 2.34 bits per heavy atom. The van der Waals surface area contributed by atoms with Crippen molar-refractivity contribution in [3.05, 3.63) is 35.7 Å². The Kier molecular flexibility index (Phi) is 7.79. The molecule has 0 saturated heterocycles. The van der Waals surface area contributed by atoms with Gasteiger partial charge in [-0.3, -0.25) is 10.1 Å². The first-order chi connectivity index (χ1) is 13.9. The zero-order valence-corrected chi connectivity index (χ0v) is 16.3. The van der Waals surface area contributed by atoms with Crippen molar-refractivity contribution in [2.24, 2.45) is 0 Å². The Morgan fingerprint density at radius 1 is 1.17 bits per heavy atom. The Labute approximate surface area is 167 Å². The van der Waals surface area contributed by atoms with Crippen LogP contribution in [0, 0.1) is 22.7 Å². The van der Waals surface area contributed by atoms with Crippen LogP contribution in [0.1, 0.15) is 29.1 Å². The molecule has 0 aliphatic rings. The zero-order valence-electron chi connectivity index (χ0n) is 15.5. The molecule has 1 aromatic carbocycles. The van der Waals surface area contributed by atoms with Gasteiger partial charge in [-0.2, -0.15) is 14.8 Å². The SMILES string of the molecule is COCc1nnc(NC(=O)c2ccc(S(=O)(=O)N(CCC#N)CCC#N)cc2)o1. The molecule has 1 amide bonds. The zero-order chi connectivity index (χ0) is 21.3. The van der Waals surface area contributed by atoms with Crippen LogP contribution in [-0.2, 0) is 21.4 Å². The second kappa shape index (κ2) is 10.3. The van der Waals surface area contributed by atoms with Crippen molar-refractivity contribution in [1.29, 1.82) is 10.5 Å². The second-order valence-corrected chi connectivity index (χ2v) is 7.57. The third-order valence-corrected chi connectivity index (χ3v) is 5.57. The van der Waals surface area contributed by atoms with Crippen molar-refractivity contribution < 1.29 is 22.4 Å². The number of carbonyl (C=O) groups is 1. The number of hydrogen-bond acceptors (Lipinski definition) is 9. The maximum absolute atomic E-state index is 12.7. The number of amides is 1. The largest absolute Gasteiger partial charge is 0.405 e. The van der Waals surface area contributed by atoms with E-state index < -0.39 is 15.9 Å². The molecule has 12 heteroatoms. The smallest absolute Gasteiger partial charge is 0.322 e. The molecule has 0 aliphatic heterocycles. The number of nitriles is 2. The minimum atomic E-state index is -3.91. The number of sulfonamides is 1. The van der Waals surface area contributed by atoms with Gasteiger partial charge in [0.25, 0.3) is 5.91 Å². The minimum Gasteiger partial charge on any atom is -0.405 e. The van der Waals surface area contributed by atoms with Gasteiger partial charge in [-0.1, -0.05) is 5.10 Å². The lowest BCUT2D eigenvalue weighted by atomic mass is 10.2. The fourth-order valence-electron chi connectivity index (χ4n) is 2.28. The van der Waals surface area contributed by atoms with E-state index in [-0.39, 0.29) is 54.9 Å². The van der Waals surface area contributed by atoms with E-state index in [0.29, 0.717) is 0 Å². The summed E-state index contributed by atoms with van der Waals surface area (Å²) in [5, 5.41) is 27.2. The van der Waals surface area contributed by atoms with Crippen LogP contribution in [0.25, 0.3) is 0 Å². The first-order valence-electron chi connectivity index (χ1n) is 8.39. The van der Waals surface area contributed by atoms with E-state index in [1.54, 1.807) is 0 Å². The average molecular weight is 418 g/mol. The van der Waals surface area contributed by atoms with Crippen LogP contribution < -0.4 is 5.32 Å². The lowest BCUT2D eigenvalue weighted by Crippen LogP contribution is -2.32. The molecule has 2 rings (SSSR count). The highest BCUT2D eigenvalue weighted by atomic mass is 32.2. The van der Waals surface area contributed by atoms with Crippen molar-refractivity contribution in [3.8, 4) is 12.1 Å². The van der Waals surface area contributed by atoms with Crippen LogP contribution in [0.2, 0.25) is 0 Å². The Morgan fingerprint density at radius 2 is 1.79 bits per heavy atom. The van der Waals surface area contributed by atoms with Crippen LogP contribution >= 0.6 is 0 Å². The molecule has 0 radical (unpaired) electrons. The molecule has 1 heterocycles. The molecule has 0 spiro atoms. The number of aromatic nitrogens is 2. The number of nitrogens with one attached hydrogen (secondary N) is 1. The second-order valence-electron chi connectivity index (χ2n) is 5.63. The monoisotopic (exact) mass is 418 g/mol. The fraction of sp³-hybridized carbons (Fsp3) is 0.353. The quantitative estimate of drug-likeness (QED) is 0.599. The summed E-state index contributed by atoms with van der Waals surface area (Å²) in [5.41, 5.74) is 0.177. The highest BCUT2D eigenvalue weighted by Crippen LogP contribution is 2.18. The summed E-state index contributed by atoms with van der Waals surface area (Å²) in [6, 6.07) is 8.88. The molecule has 0 saturated carbocycles. The van der Waals surface area contributed by atoms with Gasteiger partial charge in [0.15, 0.2) is 0 Å². The number of methoxy groups -OCH3 is 1. The van der Waals surface area contributed by atoms with E-state index in [1.165, 1.54) is 31.4 Å². The highest BCUT2D eigenvalue weighted by molar-refractivity contribution is 7.89. The first kappa shape index (κ1) is 22.0. The lowest BCUT2D eigenvalue weighted by molar-refractivity contribution is 0.102. The summed E-state index contributed by atoms with van der Waals surface area (Å²) in [6.07, 6.45) is 0.000774. The molecule has 11 nitrogen and oxygen atoms in total. The minimum absolute atomic E-state index is 0.000387. The van der Waals surface area contributed by atoms with Crippen molar-refractivity contribution in [2.45, 2.75) is 24.3 Å².